The SMILES string of the molecule is C#C.CC.CC.CC1CCN(C)CC1.N#Cc1cccnc1. The molecule has 0 spiro atoms. The summed E-state index contributed by atoms with van der Waals surface area (Å²) in [5.74, 6) is 0.978. The molecule has 3 nitrogen and oxygen atoms in total. The molecule has 22 heavy (non-hydrogen) atoms. The molecule has 0 bridgehead atoms. The van der Waals surface area contributed by atoms with Gasteiger partial charge < -0.3 is 4.90 Å². The van der Waals surface area contributed by atoms with Gasteiger partial charge in [0.1, 0.15) is 6.07 Å². The molecule has 0 saturated carbocycles. The first kappa shape index (κ1) is 25.1. The van der Waals surface area contributed by atoms with Crippen LogP contribution in [0.5, 0.6) is 0 Å². The molecule has 1 aromatic heterocycles. The van der Waals surface area contributed by atoms with Gasteiger partial charge in [-0.1, -0.05) is 34.6 Å². The summed E-state index contributed by atoms with van der Waals surface area (Å²) in [6.45, 7) is 13.0. The van der Waals surface area contributed by atoms with Crippen LogP contribution in [0.2, 0.25) is 0 Å². The number of hydrogen-bond donors (Lipinski definition) is 0. The minimum atomic E-state index is 0.604. The molecule has 2 heterocycles. The Morgan fingerprint density at radius 1 is 1.18 bits per heavy atom. The van der Waals surface area contributed by atoms with Crippen molar-refractivity contribution in [1.29, 1.82) is 5.26 Å². The number of likely N-dealkylation sites (tertiary alicyclic amines) is 1. The maximum atomic E-state index is 8.25. The van der Waals surface area contributed by atoms with E-state index in [1.807, 2.05) is 33.8 Å². The van der Waals surface area contributed by atoms with Crippen LogP contribution in [0.1, 0.15) is 53.0 Å². The standard InChI is InChI=1S/C7H15N.C6H4N2.2C2H6.C2H2/c1-7-3-5-8(2)6-4-7;7-4-6-2-1-3-8-5-6;3*1-2/h7H,3-6H2,1-2H3;1-3,5H;2*1-2H3;1-2H. The molecule has 0 aliphatic carbocycles. The predicted octanol–water partition coefficient (Wildman–Crippen LogP) is 4.60. The molecule has 2 rings (SSSR count). The first-order valence-electron chi connectivity index (χ1n) is 8.04. The average Bonchev–Trinajstić information content (AvgIpc) is 2.64. The Balaban J connectivity index is -0.000000246. The highest BCUT2D eigenvalue weighted by atomic mass is 15.1. The maximum absolute atomic E-state index is 8.25. The zero-order chi connectivity index (χ0) is 17.8. The number of nitrogens with zero attached hydrogens (tertiary/aromatic N) is 3. The van der Waals surface area contributed by atoms with Crippen LogP contribution in [0.4, 0.5) is 0 Å². The smallest absolute Gasteiger partial charge is 0.101 e. The van der Waals surface area contributed by atoms with Gasteiger partial charge in [-0.05, 0) is 51.0 Å². The topological polar surface area (TPSA) is 39.9 Å². The van der Waals surface area contributed by atoms with E-state index < -0.39 is 0 Å². The fourth-order valence-electron chi connectivity index (χ4n) is 1.57. The molecule has 1 aromatic rings. The molecular weight excluding hydrogens is 270 g/mol. The van der Waals surface area contributed by atoms with Gasteiger partial charge in [0.05, 0.1) is 5.56 Å². The summed E-state index contributed by atoms with van der Waals surface area (Å²) >= 11 is 0. The van der Waals surface area contributed by atoms with Gasteiger partial charge >= 0.3 is 0 Å². The van der Waals surface area contributed by atoms with Crippen molar-refractivity contribution in [2.24, 2.45) is 5.92 Å². The average molecular weight is 303 g/mol. The minimum Gasteiger partial charge on any atom is -0.306 e. The quantitative estimate of drug-likeness (QED) is 0.657. The van der Waals surface area contributed by atoms with Gasteiger partial charge in [0.15, 0.2) is 0 Å². The molecule has 1 fully saturated rings. The van der Waals surface area contributed by atoms with E-state index in [2.05, 4.69) is 36.7 Å². The minimum absolute atomic E-state index is 0.604. The van der Waals surface area contributed by atoms with Gasteiger partial charge in [-0.2, -0.15) is 5.26 Å². The van der Waals surface area contributed by atoms with Crippen molar-refractivity contribution >= 4 is 0 Å². The summed E-state index contributed by atoms with van der Waals surface area (Å²) in [6, 6.07) is 5.41. The number of hydrogen-bond acceptors (Lipinski definition) is 3. The lowest BCUT2D eigenvalue weighted by Crippen LogP contribution is -2.28. The fraction of sp³-hybridized carbons (Fsp3) is 0.579. The van der Waals surface area contributed by atoms with Crippen LogP contribution in [-0.2, 0) is 0 Å². The molecule has 0 unspecified atom stereocenters. The summed E-state index contributed by atoms with van der Waals surface area (Å²) in [5.41, 5.74) is 0.604. The maximum Gasteiger partial charge on any atom is 0.101 e. The molecule has 0 radical (unpaired) electrons. The number of piperidine rings is 1. The molecule has 124 valence electrons. The van der Waals surface area contributed by atoms with E-state index in [0.29, 0.717) is 5.56 Å². The summed E-state index contributed by atoms with van der Waals surface area (Å²) in [6.07, 6.45) is 14.0. The van der Waals surface area contributed by atoms with E-state index in [9.17, 15) is 0 Å². The van der Waals surface area contributed by atoms with E-state index in [0.717, 1.165) is 5.92 Å². The highest BCUT2D eigenvalue weighted by molar-refractivity contribution is 5.23. The van der Waals surface area contributed by atoms with Crippen molar-refractivity contribution in [1.82, 2.24) is 9.88 Å². The third-order valence-corrected chi connectivity index (χ3v) is 2.80. The Morgan fingerprint density at radius 3 is 1.95 bits per heavy atom. The Hall–Kier alpha value is -1.84. The second-order valence-corrected chi connectivity index (χ2v) is 4.34. The van der Waals surface area contributed by atoms with Gasteiger partial charge in [-0.25, -0.2) is 0 Å². The van der Waals surface area contributed by atoms with Crippen LogP contribution < -0.4 is 0 Å². The molecule has 0 N–H and O–H groups in total. The highest BCUT2D eigenvalue weighted by Gasteiger charge is 2.10. The summed E-state index contributed by atoms with van der Waals surface area (Å²) < 4.78 is 0. The second kappa shape index (κ2) is 21.5. The summed E-state index contributed by atoms with van der Waals surface area (Å²) in [4.78, 5) is 6.14. The molecule has 0 aromatic carbocycles. The van der Waals surface area contributed by atoms with E-state index in [1.54, 1.807) is 18.3 Å². The molecule has 1 aliphatic heterocycles. The number of aromatic nitrogens is 1. The van der Waals surface area contributed by atoms with Gasteiger partial charge in [-0.15, -0.1) is 12.8 Å². The van der Waals surface area contributed by atoms with Gasteiger partial charge in [0.2, 0.25) is 0 Å². The molecular formula is C19H33N3. The Morgan fingerprint density at radius 2 is 1.68 bits per heavy atom. The van der Waals surface area contributed by atoms with E-state index in [4.69, 9.17) is 5.26 Å². The fourth-order valence-corrected chi connectivity index (χ4v) is 1.57. The van der Waals surface area contributed by atoms with Gasteiger partial charge in [-0.3, -0.25) is 4.98 Å². The first-order chi connectivity index (χ1) is 10.7. The van der Waals surface area contributed by atoms with Crippen molar-refractivity contribution in [3.63, 3.8) is 0 Å². The van der Waals surface area contributed by atoms with Crippen LogP contribution in [0.25, 0.3) is 0 Å². The Bertz CT molecular complexity index is 347. The normalized spacial score (nSPS) is 13.0. The van der Waals surface area contributed by atoms with Crippen LogP contribution in [0.15, 0.2) is 24.5 Å². The lowest BCUT2D eigenvalue weighted by Gasteiger charge is -2.26. The molecule has 0 atom stereocenters. The number of terminal acetylenes is 1. The van der Waals surface area contributed by atoms with Crippen molar-refractivity contribution in [3.05, 3.63) is 30.1 Å². The van der Waals surface area contributed by atoms with Crippen LogP contribution in [0.3, 0.4) is 0 Å². The van der Waals surface area contributed by atoms with E-state index in [-0.39, 0.29) is 0 Å². The summed E-state index contributed by atoms with van der Waals surface area (Å²) in [5, 5.41) is 8.25. The number of nitriles is 1. The third kappa shape index (κ3) is 16.2. The lowest BCUT2D eigenvalue weighted by atomic mass is 10.00. The molecule has 0 amide bonds. The number of rotatable bonds is 0. The van der Waals surface area contributed by atoms with E-state index >= 15 is 0 Å². The number of pyridine rings is 1. The first-order valence-corrected chi connectivity index (χ1v) is 8.04. The van der Waals surface area contributed by atoms with Crippen molar-refractivity contribution < 1.29 is 0 Å². The highest BCUT2D eigenvalue weighted by Crippen LogP contribution is 2.13. The van der Waals surface area contributed by atoms with Crippen LogP contribution in [-0.4, -0.2) is 30.0 Å². The second-order valence-electron chi connectivity index (χ2n) is 4.34. The monoisotopic (exact) mass is 303 g/mol. The zero-order valence-corrected chi connectivity index (χ0v) is 15.2. The molecule has 3 heteroatoms. The Kier molecular flexibility index (Phi) is 24.5. The van der Waals surface area contributed by atoms with Crippen molar-refractivity contribution in [3.8, 4) is 18.9 Å². The zero-order valence-electron chi connectivity index (χ0n) is 15.2. The summed E-state index contributed by atoms with van der Waals surface area (Å²) in [7, 11) is 2.20. The third-order valence-electron chi connectivity index (χ3n) is 2.80. The largest absolute Gasteiger partial charge is 0.306 e. The van der Waals surface area contributed by atoms with E-state index in [1.165, 1.54) is 32.1 Å². The van der Waals surface area contributed by atoms with Crippen molar-refractivity contribution in [2.45, 2.75) is 47.5 Å². The van der Waals surface area contributed by atoms with Crippen LogP contribution in [0, 0.1) is 30.1 Å². The van der Waals surface area contributed by atoms with Gasteiger partial charge in [0, 0.05) is 12.4 Å². The predicted molar refractivity (Wildman–Crippen MR) is 97.4 cm³/mol. The van der Waals surface area contributed by atoms with Crippen LogP contribution >= 0.6 is 0 Å². The lowest BCUT2D eigenvalue weighted by molar-refractivity contribution is 0.230. The Labute approximate surface area is 138 Å². The molecule has 1 aliphatic rings. The van der Waals surface area contributed by atoms with Crippen molar-refractivity contribution in [2.75, 3.05) is 20.1 Å². The van der Waals surface area contributed by atoms with Gasteiger partial charge in [0.25, 0.3) is 0 Å². The molecule has 1 saturated heterocycles.